The third kappa shape index (κ3) is 5.19. The van der Waals surface area contributed by atoms with Crippen LogP contribution >= 0.6 is 0 Å². The van der Waals surface area contributed by atoms with Crippen molar-refractivity contribution < 1.29 is 31.1 Å². The lowest BCUT2D eigenvalue weighted by Gasteiger charge is -2.24. The molecule has 2 nitrogen and oxygen atoms in total. The summed E-state index contributed by atoms with van der Waals surface area (Å²) in [6.07, 6.45) is -10.2. The number of carbonyl (C=O) groups excluding carboxylic acids is 1. The highest BCUT2D eigenvalue weighted by Gasteiger charge is 2.45. The van der Waals surface area contributed by atoms with E-state index >= 15 is 0 Å². The summed E-state index contributed by atoms with van der Waals surface area (Å²) < 4.78 is 73.2. The van der Waals surface area contributed by atoms with Crippen LogP contribution in [0, 0.1) is 0 Å². The van der Waals surface area contributed by atoms with Crippen molar-refractivity contribution in [1.82, 2.24) is 4.90 Å². The Balaban J connectivity index is 2.90. The third-order valence-corrected chi connectivity index (χ3v) is 2.12. The molecule has 0 aromatic heterocycles. The number of halogens is 6. The molecule has 1 amide bonds. The van der Waals surface area contributed by atoms with Gasteiger partial charge in [-0.15, -0.1) is 0 Å². The van der Waals surface area contributed by atoms with Crippen LogP contribution in [-0.2, 0) is 11.3 Å². The summed E-state index contributed by atoms with van der Waals surface area (Å²) in [6, 6.07) is 7.15. The van der Waals surface area contributed by atoms with Crippen LogP contribution in [0.2, 0.25) is 0 Å². The maximum atomic E-state index is 12.2. The standard InChI is InChI=1S/C11H9F6NO/c12-10(13,14)7-18(9(19)11(15,16)17)6-8-4-2-1-3-5-8/h1-5H,6-7H2. The Hall–Kier alpha value is -1.73. The molecule has 8 heteroatoms. The molecule has 1 aromatic rings. The minimum atomic E-state index is -5.33. The number of amides is 1. The van der Waals surface area contributed by atoms with Gasteiger partial charge in [0.25, 0.3) is 0 Å². The SMILES string of the molecule is O=C(N(Cc1ccccc1)CC(F)(F)F)C(F)(F)F. The molecule has 0 bridgehead atoms. The van der Waals surface area contributed by atoms with Crippen molar-refractivity contribution in [1.29, 1.82) is 0 Å². The minimum Gasteiger partial charge on any atom is -0.321 e. The zero-order valence-electron chi connectivity index (χ0n) is 9.42. The van der Waals surface area contributed by atoms with Crippen LogP contribution in [0.15, 0.2) is 30.3 Å². The van der Waals surface area contributed by atoms with E-state index in [0.717, 1.165) is 0 Å². The predicted molar refractivity (Wildman–Crippen MR) is 54.0 cm³/mol. The highest BCUT2D eigenvalue weighted by molar-refractivity contribution is 5.81. The van der Waals surface area contributed by atoms with E-state index in [1.807, 2.05) is 0 Å². The Bertz CT molecular complexity index is 425. The molecule has 0 aliphatic carbocycles. The third-order valence-electron chi connectivity index (χ3n) is 2.12. The monoisotopic (exact) mass is 285 g/mol. The van der Waals surface area contributed by atoms with E-state index in [0.29, 0.717) is 0 Å². The van der Waals surface area contributed by atoms with E-state index in [2.05, 4.69) is 0 Å². The van der Waals surface area contributed by atoms with E-state index in [9.17, 15) is 31.1 Å². The summed E-state index contributed by atoms with van der Waals surface area (Å²) in [4.78, 5) is 10.7. The van der Waals surface area contributed by atoms with E-state index in [-0.39, 0.29) is 10.5 Å². The van der Waals surface area contributed by atoms with Gasteiger partial charge in [0.1, 0.15) is 6.54 Å². The molecule has 0 saturated heterocycles. The summed E-state index contributed by atoms with van der Waals surface area (Å²) in [5.41, 5.74) is 0.185. The van der Waals surface area contributed by atoms with Gasteiger partial charge < -0.3 is 4.90 Å². The van der Waals surface area contributed by atoms with Gasteiger partial charge in [0.15, 0.2) is 0 Å². The summed E-state index contributed by atoms with van der Waals surface area (Å²) >= 11 is 0. The highest BCUT2D eigenvalue weighted by Crippen LogP contribution is 2.24. The molecule has 0 saturated carbocycles. The first kappa shape index (κ1) is 15.3. The first-order valence-corrected chi connectivity index (χ1v) is 5.06. The normalized spacial score (nSPS) is 12.3. The summed E-state index contributed by atoms with van der Waals surface area (Å²) in [7, 11) is 0. The van der Waals surface area contributed by atoms with Crippen molar-refractivity contribution in [2.24, 2.45) is 0 Å². The van der Waals surface area contributed by atoms with E-state index in [1.54, 1.807) is 6.07 Å². The maximum absolute atomic E-state index is 12.2. The van der Waals surface area contributed by atoms with Gasteiger partial charge in [-0.2, -0.15) is 26.3 Å². The lowest BCUT2D eigenvalue weighted by atomic mass is 10.2. The van der Waals surface area contributed by atoms with Crippen LogP contribution in [0.1, 0.15) is 5.56 Å². The van der Waals surface area contributed by atoms with Crippen LogP contribution in [0.4, 0.5) is 26.3 Å². The molecule has 0 aliphatic rings. The quantitative estimate of drug-likeness (QED) is 0.781. The van der Waals surface area contributed by atoms with Crippen molar-refractivity contribution >= 4 is 5.91 Å². The Morgan fingerprint density at radius 1 is 1.00 bits per heavy atom. The maximum Gasteiger partial charge on any atom is 0.471 e. The van der Waals surface area contributed by atoms with Crippen molar-refractivity contribution in [3.05, 3.63) is 35.9 Å². The Kier molecular flexibility index (Phi) is 4.43. The van der Waals surface area contributed by atoms with E-state index < -0.39 is 31.3 Å². The van der Waals surface area contributed by atoms with Gasteiger partial charge in [-0.05, 0) is 5.56 Å². The van der Waals surface area contributed by atoms with Gasteiger partial charge in [-0.3, -0.25) is 4.79 Å². The number of hydrogen-bond acceptors (Lipinski definition) is 1. The smallest absolute Gasteiger partial charge is 0.321 e. The van der Waals surface area contributed by atoms with E-state index in [4.69, 9.17) is 0 Å². The first-order valence-electron chi connectivity index (χ1n) is 5.06. The molecule has 19 heavy (non-hydrogen) atoms. The van der Waals surface area contributed by atoms with Crippen LogP contribution in [0.25, 0.3) is 0 Å². The average Bonchev–Trinajstić information content (AvgIpc) is 2.25. The van der Waals surface area contributed by atoms with Crippen LogP contribution in [0.5, 0.6) is 0 Å². The molecular formula is C11H9F6NO. The number of nitrogens with zero attached hydrogens (tertiary/aromatic N) is 1. The molecule has 1 aromatic carbocycles. The van der Waals surface area contributed by atoms with Crippen LogP contribution in [-0.4, -0.2) is 29.7 Å². The number of hydrogen-bond donors (Lipinski definition) is 0. The summed E-state index contributed by atoms with van der Waals surface area (Å²) in [6.45, 7) is -2.70. The zero-order chi connectivity index (χ0) is 14.7. The van der Waals surface area contributed by atoms with Gasteiger partial charge >= 0.3 is 18.3 Å². The number of carbonyl (C=O) groups is 1. The van der Waals surface area contributed by atoms with Gasteiger partial charge in [-0.25, -0.2) is 0 Å². The van der Waals surface area contributed by atoms with Gasteiger partial charge in [-0.1, -0.05) is 30.3 Å². The lowest BCUT2D eigenvalue weighted by molar-refractivity contribution is -0.199. The first-order chi connectivity index (χ1) is 8.59. The number of rotatable bonds is 3. The fraction of sp³-hybridized carbons (Fsp3) is 0.364. The largest absolute Gasteiger partial charge is 0.471 e. The van der Waals surface area contributed by atoms with Crippen LogP contribution in [0.3, 0.4) is 0 Å². The Morgan fingerprint density at radius 2 is 1.53 bits per heavy atom. The van der Waals surface area contributed by atoms with Gasteiger partial charge in [0, 0.05) is 6.54 Å². The molecular weight excluding hydrogens is 276 g/mol. The molecule has 0 heterocycles. The van der Waals surface area contributed by atoms with Crippen LogP contribution < -0.4 is 0 Å². The lowest BCUT2D eigenvalue weighted by Crippen LogP contribution is -2.45. The summed E-state index contributed by atoms with van der Waals surface area (Å²) in [5.74, 6) is -2.51. The summed E-state index contributed by atoms with van der Waals surface area (Å²) in [5, 5.41) is 0. The molecule has 0 unspecified atom stereocenters. The predicted octanol–water partition coefficient (Wildman–Crippen LogP) is 3.14. The van der Waals surface area contributed by atoms with Crippen molar-refractivity contribution in [2.45, 2.75) is 18.9 Å². The Labute approximate surface area is 104 Å². The van der Waals surface area contributed by atoms with Crippen molar-refractivity contribution in [2.75, 3.05) is 6.54 Å². The van der Waals surface area contributed by atoms with Crippen molar-refractivity contribution in [3.8, 4) is 0 Å². The van der Waals surface area contributed by atoms with Gasteiger partial charge in [0.2, 0.25) is 0 Å². The fourth-order valence-corrected chi connectivity index (χ4v) is 1.40. The second-order valence-electron chi connectivity index (χ2n) is 3.76. The number of alkyl halides is 6. The average molecular weight is 285 g/mol. The highest BCUT2D eigenvalue weighted by atomic mass is 19.4. The molecule has 1 rings (SSSR count). The zero-order valence-corrected chi connectivity index (χ0v) is 9.42. The topological polar surface area (TPSA) is 20.3 Å². The molecule has 106 valence electrons. The molecule has 0 aliphatic heterocycles. The molecule has 0 spiro atoms. The second-order valence-corrected chi connectivity index (χ2v) is 3.76. The minimum absolute atomic E-state index is 0.185. The molecule has 0 atom stereocenters. The van der Waals surface area contributed by atoms with Crippen molar-refractivity contribution in [3.63, 3.8) is 0 Å². The second kappa shape index (κ2) is 5.50. The van der Waals surface area contributed by atoms with Gasteiger partial charge in [0.05, 0.1) is 0 Å². The van der Waals surface area contributed by atoms with E-state index in [1.165, 1.54) is 24.3 Å². The fourth-order valence-electron chi connectivity index (χ4n) is 1.40. The molecule has 0 N–H and O–H groups in total. The molecule has 0 fully saturated rings. The Morgan fingerprint density at radius 3 is 1.95 bits per heavy atom. The number of benzene rings is 1. The molecule has 0 radical (unpaired) electrons.